The summed E-state index contributed by atoms with van der Waals surface area (Å²) in [5.41, 5.74) is 3.43. The molecule has 0 aliphatic carbocycles. The van der Waals surface area contributed by atoms with Crippen LogP contribution in [0, 0.1) is 6.92 Å². The second-order valence-electron chi connectivity index (χ2n) is 5.86. The van der Waals surface area contributed by atoms with Gasteiger partial charge in [-0.3, -0.25) is 4.79 Å². The van der Waals surface area contributed by atoms with Gasteiger partial charge in [0.25, 0.3) is 5.91 Å². The highest BCUT2D eigenvalue weighted by atomic mass is 35.5. The van der Waals surface area contributed by atoms with E-state index in [0.29, 0.717) is 29.5 Å². The van der Waals surface area contributed by atoms with Gasteiger partial charge in [0, 0.05) is 23.3 Å². The van der Waals surface area contributed by atoms with E-state index in [1.165, 1.54) is 6.33 Å². The molecule has 0 saturated heterocycles. The predicted octanol–water partition coefficient (Wildman–Crippen LogP) is 4.15. The molecule has 0 fully saturated rings. The van der Waals surface area contributed by atoms with Crippen molar-refractivity contribution < 1.29 is 4.79 Å². The zero-order valence-corrected chi connectivity index (χ0v) is 15.1. The Bertz CT molecular complexity index is 914. The lowest BCUT2D eigenvalue weighted by Gasteiger charge is -2.09. The van der Waals surface area contributed by atoms with Gasteiger partial charge < -0.3 is 10.6 Å². The number of nitrogens with one attached hydrogen (secondary N) is 2. The number of halogens is 1. The summed E-state index contributed by atoms with van der Waals surface area (Å²) in [7, 11) is 0. The minimum absolute atomic E-state index is 0.234. The van der Waals surface area contributed by atoms with E-state index in [2.05, 4.69) is 20.6 Å². The molecule has 26 heavy (non-hydrogen) atoms. The van der Waals surface area contributed by atoms with Crippen molar-refractivity contribution in [2.75, 3.05) is 11.9 Å². The number of hydrogen-bond acceptors (Lipinski definition) is 4. The fourth-order valence-corrected chi connectivity index (χ4v) is 2.72. The van der Waals surface area contributed by atoms with Gasteiger partial charge in [-0.25, -0.2) is 9.97 Å². The van der Waals surface area contributed by atoms with Crippen molar-refractivity contribution in [3.05, 3.63) is 82.8 Å². The van der Waals surface area contributed by atoms with Crippen molar-refractivity contribution >= 4 is 29.0 Å². The first kappa shape index (κ1) is 17.9. The Labute approximate surface area is 157 Å². The van der Waals surface area contributed by atoms with Crippen LogP contribution in [-0.2, 0) is 6.42 Å². The monoisotopic (exact) mass is 366 g/mol. The minimum atomic E-state index is -0.234. The fourth-order valence-electron chi connectivity index (χ4n) is 2.50. The third-order valence-electron chi connectivity index (χ3n) is 3.90. The minimum Gasteiger partial charge on any atom is -0.350 e. The largest absolute Gasteiger partial charge is 0.350 e. The Morgan fingerprint density at radius 3 is 2.73 bits per heavy atom. The molecule has 2 aromatic carbocycles. The van der Waals surface area contributed by atoms with Crippen LogP contribution in [0.3, 0.4) is 0 Å². The smallest absolute Gasteiger partial charge is 0.270 e. The first-order valence-corrected chi connectivity index (χ1v) is 8.67. The van der Waals surface area contributed by atoms with Gasteiger partial charge in [0.1, 0.15) is 17.8 Å². The van der Waals surface area contributed by atoms with E-state index in [-0.39, 0.29) is 5.91 Å². The summed E-state index contributed by atoms with van der Waals surface area (Å²) in [6.07, 6.45) is 2.08. The molecule has 3 rings (SSSR count). The zero-order chi connectivity index (χ0) is 18.4. The number of benzene rings is 2. The molecular weight excluding hydrogens is 348 g/mol. The van der Waals surface area contributed by atoms with Gasteiger partial charge in [0.2, 0.25) is 0 Å². The van der Waals surface area contributed by atoms with Crippen LogP contribution in [0.15, 0.2) is 60.9 Å². The fraction of sp³-hybridized carbons (Fsp3) is 0.150. The van der Waals surface area contributed by atoms with E-state index < -0.39 is 0 Å². The molecule has 132 valence electrons. The molecule has 0 bridgehead atoms. The Kier molecular flexibility index (Phi) is 5.81. The summed E-state index contributed by atoms with van der Waals surface area (Å²) in [5, 5.41) is 6.77. The molecular formula is C20H19ClN4O. The summed E-state index contributed by atoms with van der Waals surface area (Å²) in [6.45, 7) is 2.51. The summed E-state index contributed by atoms with van der Waals surface area (Å²) in [5.74, 6) is 0.344. The van der Waals surface area contributed by atoms with Crippen molar-refractivity contribution in [3.63, 3.8) is 0 Å². The van der Waals surface area contributed by atoms with Crippen molar-refractivity contribution in [2.24, 2.45) is 0 Å². The summed E-state index contributed by atoms with van der Waals surface area (Å²) in [4.78, 5) is 20.6. The van der Waals surface area contributed by atoms with Crippen molar-refractivity contribution in [1.29, 1.82) is 0 Å². The Morgan fingerprint density at radius 2 is 1.92 bits per heavy atom. The molecule has 1 aromatic heterocycles. The average molecular weight is 367 g/mol. The van der Waals surface area contributed by atoms with Crippen LogP contribution >= 0.6 is 11.6 Å². The van der Waals surface area contributed by atoms with Gasteiger partial charge >= 0.3 is 0 Å². The Morgan fingerprint density at radius 1 is 1.08 bits per heavy atom. The first-order chi connectivity index (χ1) is 12.6. The number of nitrogens with zero attached hydrogens (tertiary/aromatic N) is 2. The maximum atomic E-state index is 12.3. The Hall–Kier alpha value is -2.92. The van der Waals surface area contributed by atoms with Crippen molar-refractivity contribution in [2.45, 2.75) is 13.3 Å². The van der Waals surface area contributed by atoms with E-state index in [1.807, 2.05) is 55.5 Å². The molecule has 0 saturated carbocycles. The molecule has 0 spiro atoms. The number of hydrogen-bond donors (Lipinski definition) is 2. The third-order valence-corrected chi connectivity index (χ3v) is 4.13. The molecule has 0 aliphatic heterocycles. The highest BCUT2D eigenvalue weighted by molar-refractivity contribution is 6.30. The van der Waals surface area contributed by atoms with Crippen LogP contribution in [0.4, 0.5) is 11.5 Å². The molecule has 0 aliphatic rings. The lowest BCUT2D eigenvalue weighted by molar-refractivity contribution is 0.0949. The van der Waals surface area contributed by atoms with E-state index in [0.717, 1.165) is 16.8 Å². The molecule has 0 atom stereocenters. The highest BCUT2D eigenvalue weighted by Crippen LogP contribution is 2.18. The summed E-state index contributed by atoms with van der Waals surface area (Å²) >= 11 is 5.97. The number of carbonyl (C=O) groups excluding carboxylic acids is 1. The number of para-hydroxylation sites is 1. The third kappa shape index (κ3) is 4.80. The van der Waals surface area contributed by atoms with Crippen LogP contribution in [0.25, 0.3) is 0 Å². The van der Waals surface area contributed by atoms with Gasteiger partial charge in [-0.1, -0.05) is 41.9 Å². The average Bonchev–Trinajstić information content (AvgIpc) is 2.64. The lowest BCUT2D eigenvalue weighted by atomic mass is 10.1. The van der Waals surface area contributed by atoms with Gasteiger partial charge in [-0.15, -0.1) is 0 Å². The zero-order valence-electron chi connectivity index (χ0n) is 14.4. The maximum absolute atomic E-state index is 12.3. The Balaban J connectivity index is 1.60. The van der Waals surface area contributed by atoms with Crippen molar-refractivity contribution in [1.82, 2.24) is 15.3 Å². The van der Waals surface area contributed by atoms with E-state index in [9.17, 15) is 4.79 Å². The molecule has 1 amide bonds. The SMILES string of the molecule is Cc1ccccc1Nc1cc(C(=O)NCCc2cccc(Cl)c2)ncn1. The predicted molar refractivity (Wildman–Crippen MR) is 104 cm³/mol. The van der Waals surface area contributed by atoms with Crippen LogP contribution in [0.1, 0.15) is 21.6 Å². The van der Waals surface area contributed by atoms with Crippen LogP contribution in [-0.4, -0.2) is 22.4 Å². The van der Waals surface area contributed by atoms with Crippen LogP contribution in [0.5, 0.6) is 0 Å². The van der Waals surface area contributed by atoms with Gasteiger partial charge in [0.15, 0.2) is 0 Å². The normalized spacial score (nSPS) is 10.4. The van der Waals surface area contributed by atoms with Crippen LogP contribution in [0.2, 0.25) is 5.02 Å². The second-order valence-corrected chi connectivity index (χ2v) is 6.30. The topological polar surface area (TPSA) is 66.9 Å². The number of rotatable bonds is 6. The molecule has 3 aromatic rings. The van der Waals surface area contributed by atoms with Crippen LogP contribution < -0.4 is 10.6 Å². The molecule has 0 radical (unpaired) electrons. The molecule has 2 N–H and O–H groups in total. The number of aryl methyl sites for hydroxylation is 1. The highest BCUT2D eigenvalue weighted by Gasteiger charge is 2.09. The number of amides is 1. The number of carbonyl (C=O) groups is 1. The second kappa shape index (κ2) is 8.45. The standard InChI is InChI=1S/C20H19ClN4O/c1-14-5-2-3-8-17(14)25-19-12-18(23-13-24-19)20(26)22-10-9-15-6-4-7-16(21)11-15/h2-8,11-13H,9-10H2,1H3,(H,22,26)(H,23,24,25). The molecule has 6 heteroatoms. The van der Waals surface area contributed by atoms with Gasteiger partial charge in [-0.2, -0.15) is 0 Å². The quantitative estimate of drug-likeness (QED) is 0.687. The first-order valence-electron chi connectivity index (χ1n) is 8.29. The molecule has 0 unspecified atom stereocenters. The molecule has 5 nitrogen and oxygen atoms in total. The number of anilines is 2. The lowest BCUT2D eigenvalue weighted by Crippen LogP contribution is -2.26. The van der Waals surface area contributed by atoms with E-state index >= 15 is 0 Å². The van der Waals surface area contributed by atoms with E-state index in [1.54, 1.807) is 6.07 Å². The molecule has 1 heterocycles. The number of aromatic nitrogens is 2. The summed E-state index contributed by atoms with van der Waals surface area (Å²) < 4.78 is 0. The van der Waals surface area contributed by atoms with Crippen molar-refractivity contribution in [3.8, 4) is 0 Å². The van der Waals surface area contributed by atoms with Gasteiger partial charge in [-0.05, 0) is 42.7 Å². The van der Waals surface area contributed by atoms with Gasteiger partial charge in [0.05, 0.1) is 0 Å². The van der Waals surface area contributed by atoms with E-state index in [4.69, 9.17) is 11.6 Å². The maximum Gasteiger partial charge on any atom is 0.270 e. The summed E-state index contributed by atoms with van der Waals surface area (Å²) in [6, 6.07) is 17.1.